The summed E-state index contributed by atoms with van der Waals surface area (Å²) in [5, 5.41) is 10.3. The number of hydrogen-bond donors (Lipinski definition) is 0. The molecule has 1 heterocycles. The van der Waals surface area contributed by atoms with E-state index in [-0.39, 0.29) is 4.73 Å². The van der Waals surface area contributed by atoms with Gasteiger partial charge in [0.1, 0.15) is 5.56 Å². The van der Waals surface area contributed by atoms with Crippen molar-refractivity contribution in [1.29, 1.82) is 0 Å². The summed E-state index contributed by atoms with van der Waals surface area (Å²) in [4.78, 5) is 0. The molecule has 0 atom stereocenters. The smallest absolute Gasteiger partial charge is 0.422 e. The van der Waals surface area contributed by atoms with E-state index in [2.05, 4.69) is 6.07 Å². The van der Waals surface area contributed by atoms with Gasteiger partial charge in [-0.2, -0.15) is 17.9 Å². The number of aromatic nitrogens is 1. The molecule has 5 heteroatoms. The number of hydrogen-bond acceptors (Lipinski definition) is 1. The fourth-order valence-corrected chi connectivity index (χ4v) is 0.567. The molecule has 0 bridgehead atoms. The highest BCUT2D eigenvalue weighted by Gasteiger charge is 2.32. The molecule has 0 fully saturated rings. The van der Waals surface area contributed by atoms with Crippen molar-refractivity contribution >= 4 is 0 Å². The van der Waals surface area contributed by atoms with Crippen LogP contribution in [0.5, 0.6) is 0 Å². The Kier molecular flexibility index (Phi) is 1.72. The maximum Gasteiger partial charge on any atom is 0.422 e. The van der Waals surface area contributed by atoms with Crippen LogP contribution in [0.2, 0.25) is 0 Å². The summed E-state index contributed by atoms with van der Waals surface area (Å²) >= 11 is 0. The van der Waals surface area contributed by atoms with Gasteiger partial charge in [-0.05, 0) is 6.07 Å². The predicted octanol–water partition coefficient (Wildman–Crippen LogP) is 1.14. The maximum atomic E-state index is 11.8. The highest BCUT2D eigenvalue weighted by molar-refractivity contribution is 5.08. The first-order valence-corrected chi connectivity index (χ1v) is 2.67. The first-order chi connectivity index (χ1) is 5.00. The molecule has 11 heavy (non-hydrogen) atoms. The second-order valence-electron chi connectivity index (χ2n) is 1.88. The number of alkyl halides is 3. The maximum absolute atomic E-state index is 11.8. The lowest BCUT2D eigenvalue weighted by Crippen LogP contribution is -2.26. The van der Waals surface area contributed by atoms with Gasteiger partial charge >= 0.3 is 6.18 Å². The van der Waals surface area contributed by atoms with Crippen molar-refractivity contribution in [3.8, 4) is 0 Å². The average molecular weight is 162 g/mol. The molecule has 0 unspecified atom stereocenters. The zero-order valence-corrected chi connectivity index (χ0v) is 5.22. The third-order valence-electron chi connectivity index (χ3n) is 1.03. The summed E-state index contributed by atoms with van der Waals surface area (Å²) in [6, 6.07) is 2.78. The fraction of sp³-hybridized carbons (Fsp3) is 0.167. The van der Waals surface area contributed by atoms with E-state index in [0.29, 0.717) is 12.3 Å². The fourth-order valence-electron chi connectivity index (χ4n) is 0.567. The molecular weight excluding hydrogens is 159 g/mol. The summed E-state index contributed by atoms with van der Waals surface area (Å²) in [7, 11) is 0. The molecule has 0 aliphatic heterocycles. The Labute approximate surface area is 60.5 Å². The third-order valence-corrected chi connectivity index (χ3v) is 1.03. The van der Waals surface area contributed by atoms with Crippen molar-refractivity contribution in [3.63, 3.8) is 0 Å². The molecule has 0 spiro atoms. The van der Waals surface area contributed by atoms with Crippen LogP contribution < -0.4 is 4.73 Å². The van der Waals surface area contributed by atoms with Crippen LogP contribution in [0.4, 0.5) is 13.2 Å². The van der Waals surface area contributed by atoms with E-state index >= 15 is 0 Å². The Morgan fingerprint density at radius 3 is 2.45 bits per heavy atom. The summed E-state index contributed by atoms with van der Waals surface area (Å²) in [6.45, 7) is 0. The Balaban J connectivity index is 3.06. The summed E-state index contributed by atoms with van der Waals surface area (Å²) < 4.78 is 35.4. The second-order valence-corrected chi connectivity index (χ2v) is 1.88. The van der Waals surface area contributed by atoms with Crippen molar-refractivity contribution in [2.75, 3.05) is 0 Å². The lowest BCUT2D eigenvalue weighted by Gasteiger charge is -2.03. The summed E-state index contributed by atoms with van der Waals surface area (Å²) in [5.41, 5.74) is -0.991. The standard InChI is InChI=1S/C6H3F3NO/c7-6(8,9)5-2-1-3-10(11)4-5/h2-4H. The van der Waals surface area contributed by atoms with Gasteiger partial charge in [-0.3, -0.25) is 0 Å². The largest absolute Gasteiger partial charge is 0.619 e. The monoisotopic (exact) mass is 162 g/mol. The molecule has 0 saturated heterocycles. The first-order valence-electron chi connectivity index (χ1n) is 2.67. The minimum absolute atomic E-state index is 0.0584. The SMILES string of the molecule is [O-][n+]1c[c]cc(C(F)(F)F)c1. The minimum Gasteiger partial charge on any atom is -0.619 e. The van der Waals surface area contributed by atoms with Crippen molar-refractivity contribution in [1.82, 2.24) is 0 Å². The van der Waals surface area contributed by atoms with Gasteiger partial charge in [0.2, 0.25) is 0 Å². The van der Waals surface area contributed by atoms with Crippen molar-refractivity contribution < 1.29 is 17.9 Å². The summed E-state index contributed by atoms with van der Waals surface area (Å²) in [6.07, 6.45) is -3.14. The molecule has 59 valence electrons. The van der Waals surface area contributed by atoms with E-state index in [1.807, 2.05) is 0 Å². The van der Waals surface area contributed by atoms with Crippen LogP contribution in [0.1, 0.15) is 5.56 Å². The number of nitrogens with zero attached hydrogens (tertiary/aromatic N) is 1. The normalized spacial score (nSPS) is 11.5. The van der Waals surface area contributed by atoms with Crippen LogP contribution in [-0.2, 0) is 6.18 Å². The molecular formula is C6H3F3NO. The zero-order chi connectivity index (χ0) is 8.48. The molecule has 1 aromatic rings. The molecule has 0 amide bonds. The molecule has 0 aliphatic rings. The van der Waals surface area contributed by atoms with Gasteiger partial charge in [0, 0.05) is 0 Å². The highest BCUT2D eigenvalue weighted by Crippen LogP contribution is 2.27. The molecule has 0 aliphatic carbocycles. The van der Waals surface area contributed by atoms with E-state index in [1.165, 1.54) is 0 Å². The van der Waals surface area contributed by atoms with Crippen LogP contribution in [0, 0.1) is 11.3 Å². The van der Waals surface area contributed by atoms with Gasteiger partial charge in [-0.15, -0.1) is 0 Å². The summed E-state index contributed by atoms with van der Waals surface area (Å²) in [5.74, 6) is 0. The van der Waals surface area contributed by atoms with Gasteiger partial charge in [0.15, 0.2) is 12.4 Å². The third kappa shape index (κ3) is 1.83. The van der Waals surface area contributed by atoms with Crippen LogP contribution in [0.3, 0.4) is 0 Å². The molecule has 1 rings (SSSR count). The first kappa shape index (κ1) is 7.84. The van der Waals surface area contributed by atoms with Crippen LogP contribution in [-0.4, -0.2) is 0 Å². The quantitative estimate of drug-likeness (QED) is 0.415. The van der Waals surface area contributed by atoms with E-state index in [9.17, 15) is 18.4 Å². The van der Waals surface area contributed by atoms with Gasteiger partial charge in [-0.1, -0.05) is 0 Å². The van der Waals surface area contributed by atoms with Gasteiger partial charge in [-0.25, -0.2) is 0 Å². The molecule has 0 saturated carbocycles. The van der Waals surface area contributed by atoms with Crippen LogP contribution >= 0.6 is 0 Å². The van der Waals surface area contributed by atoms with Gasteiger partial charge in [0.25, 0.3) is 0 Å². The lowest BCUT2D eigenvalue weighted by atomic mass is 10.3. The lowest BCUT2D eigenvalue weighted by molar-refractivity contribution is -0.606. The molecule has 0 N–H and O–H groups in total. The van der Waals surface area contributed by atoms with Crippen LogP contribution in [0.15, 0.2) is 18.5 Å². The highest BCUT2D eigenvalue weighted by atomic mass is 19.4. The van der Waals surface area contributed by atoms with E-state index < -0.39 is 11.7 Å². The second kappa shape index (κ2) is 2.41. The zero-order valence-electron chi connectivity index (χ0n) is 5.22. The van der Waals surface area contributed by atoms with Gasteiger partial charge in [0.05, 0.1) is 6.07 Å². The number of halogens is 3. The molecule has 1 radical (unpaired) electrons. The van der Waals surface area contributed by atoms with Crippen molar-refractivity contribution in [2.45, 2.75) is 6.18 Å². The average Bonchev–Trinajstić information content (AvgIpc) is 1.86. The van der Waals surface area contributed by atoms with Crippen molar-refractivity contribution in [3.05, 3.63) is 35.3 Å². The van der Waals surface area contributed by atoms with Crippen LogP contribution in [0.25, 0.3) is 0 Å². The Morgan fingerprint density at radius 2 is 2.09 bits per heavy atom. The van der Waals surface area contributed by atoms with E-state index in [1.54, 1.807) is 0 Å². The van der Waals surface area contributed by atoms with Crippen molar-refractivity contribution in [2.24, 2.45) is 0 Å². The molecule has 0 aromatic carbocycles. The number of pyridine rings is 1. The molecule has 1 aromatic heterocycles. The molecule has 2 nitrogen and oxygen atoms in total. The predicted molar refractivity (Wildman–Crippen MR) is 29.2 cm³/mol. The van der Waals surface area contributed by atoms with E-state index in [4.69, 9.17) is 0 Å². The Hall–Kier alpha value is -1.26. The number of rotatable bonds is 0. The minimum atomic E-state index is -4.47. The van der Waals surface area contributed by atoms with Gasteiger partial charge < -0.3 is 5.21 Å². The topological polar surface area (TPSA) is 26.9 Å². The van der Waals surface area contributed by atoms with E-state index in [0.717, 1.165) is 6.20 Å². The Bertz CT molecular complexity index is 258. The Morgan fingerprint density at radius 1 is 1.45 bits per heavy atom.